The van der Waals surface area contributed by atoms with Crippen LogP contribution in [-0.2, 0) is 4.79 Å². The van der Waals surface area contributed by atoms with Gasteiger partial charge in [-0.05, 0) is 6.92 Å². The van der Waals surface area contributed by atoms with Gasteiger partial charge in [-0.3, -0.25) is 9.59 Å². The van der Waals surface area contributed by atoms with Crippen LogP contribution in [0.3, 0.4) is 0 Å². The lowest BCUT2D eigenvalue weighted by Crippen LogP contribution is -2.34. The minimum absolute atomic E-state index is 0.0140. The van der Waals surface area contributed by atoms with Gasteiger partial charge in [-0.15, -0.1) is 11.6 Å². The quantitative estimate of drug-likeness (QED) is 0.625. The number of Topliss-reactive ketones (excluding diaryl/α,β-unsaturated/α-hetero) is 1. The molecule has 80 valence electrons. The molecule has 0 radical (unpaired) electrons. The lowest BCUT2D eigenvalue weighted by atomic mass is 10.1. The Hall–Kier alpha value is -1.35. The normalized spacial score (nSPS) is 11.9. The number of halogens is 1. The van der Waals surface area contributed by atoms with Crippen molar-refractivity contribution in [2.45, 2.75) is 12.3 Å². The summed E-state index contributed by atoms with van der Waals surface area (Å²) >= 11 is 5.53. The van der Waals surface area contributed by atoms with E-state index < -0.39 is 5.38 Å². The van der Waals surface area contributed by atoms with Gasteiger partial charge in [-0.1, -0.05) is 30.3 Å². The first-order valence-electron chi connectivity index (χ1n) is 4.61. The fourth-order valence-electron chi connectivity index (χ4n) is 1.03. The van der Waals surface area contributed by atoms with Gasteiger partial charge in [0.05, 0.1) is 6.54 Å². The third kappa shape index (κ3) is 3.72. The Morgan fingerprint density at radius 1 is 1.33 bits per heavy atom. The van der Waals surface area contributed by atoms with Gasteiger partial charge in [-0.2, -0.15) is 0 Å². The van der Waals surface area contributed by atoms with E-state index in [9.17, 15) is 9.59 Å². The summed E-state index contributed by atoms with van der Waals surface area (Å²) in [6, 6.07) is 8.80. The number of hydrogen-bond donors (Lipinski definition) is 1. The maximum Gasteiger partial charge on any atom is 0.238 e. The standard InChI is InChI=1S/C11H12ClNO2/c1-8(12)11(15)13-7-10(14)9-5-3-2-4-6-9/h2-6,8H,7H2,1H3,(H,13,15)/t8-/m1/s1. The van der Waals surface area contributed by atoms with Gasteiger partial charge in [0, 0.05) is 5.56 Å². The van der Waals surface area contributed by atoms with Crippen LogP contribution in [0.1, 0.15) is 17.3 Å². The van der Waals surface area contributed by atoms with Gasteiger partial charge >= 0.3 is 0 Å². The van der Waals surface area contributed by atoms with Crippen molar-refractivity contribution in [2.24, 2.45) is 0 Å². The fourth-order valence-corrected chi connectivity index (χ4v) is 1.11. The van der Waals surface area contributed by atoms with E-state index in [1.807, 2.05) is 6.07 Å². The molecule has 1 atom stereocenters. The van der Waals surface area contributed by atoms with E-state index in [1.54, 1.807) is 31.2 Å². The Bertz CT molecular complexity index is 349. The van der Waals surface area contributed by atoms with Crippen molar-refractivity contribution in [1.29, 1.82) is 0 Å². The van der Waals surface area contributed by atoms with Crippen LogP contribution < -0.4 is 5.32 Å². The lowest BCUT2D eigenvalue weighted by molar-refractivity contribution is -0.120. The first kappa shape index (κ1) is 11.7. The molecular formula is C11H12ClNO2. The molecule has 1 aromatic carbocycles. The van der Waals surface area contributed by atoms with Crippen molar-refractivity contribution in [3.63, 3.8) is 0 Å². The summed E-state index contributed by atoms with van der Waals surface area (Å²) < 4.78 is 0. The SMILES string of the molecule is C[C@@H](Cl)C(=O)NCC(=O)c1ccccc1. The molecule has 0 saturated carbocycles. The van der Waals surface area contributed by atoms with Crippen molar-refractivity contribution in [2.75, 3.05) is 6.54 Å². The van der Waals surface area contributed by atoms with E-state index in [0.717, 1.165) is 0 Å². The maximum atomic E-state index is 11.5. The summed E-state index contributed by atoms with van der Waals surface area (Å²) in [6.45, 7) is 1.55. The van der Waals surface area contributed by atoms with E-state index in [1.165, 1.54) is 0 Å². The number of nitrogens with one attached hydrogen (secondary N) is 1. The average Bonchev–Trinajstić information content (AvgIpc) is 2.26. The molecule has 3 nitrogen and oxygen atoms in total. The maximum absolute atomic E-state index is 11.5. The smallest absolute Gasteiger partial charge is 0.238 e. The first-order valence-corrected chi connectivity index (χ1v) is 5.05. The number of carbonyl (C=O) groups excluding carboxylic acids is 2. The molecule has 0 aliphatic heterocycles. The number of rotatable bonds is 4. The number of hydrogen-bond acceptors (Lipinski definition) is 2. The van der Waals surface area contributed by atoms with Gasteiger partial charge in [0.1, 0.15) is 5.38 Å². The Morgan fingerprint density at radius 3 is 2.47 bits per heavy atom. The highest BCUT2D eigenvalue weighted by molar-refractivity contribution is 6.30. The summed E-state index contributed by atoms with van der Waals surface area (Å²) in [5.74, 6) is -0.456. The van der Waals surface area contributed by atoms with Crippen LogP contribution in [0.5, 0.6) is 0 Å². The molecule has 4 heteroatoms. The molecule has 1 N–H and O–H groups in total. The number of ketones is 1. The van der Waals surface area contributed by atoms with E-state index in [-0.39, 0.29) is 18.2 Å². The molecule has 0 bridgehead atoms. The molecule has 0 fully saturated rings. The van der Waals surface area contributed by atoms with Crippen LogP contribution in [0.4, 0.5) is 0 Å². The predicted octanol–water partition coefficient (Wildman–Crippen LogP) is 1.61. The zero-order valence-corrected chi connectivity index (χ0v) is 9.12. The van der Waals surface area contributed by atoms with Gasteiger partial charge in [0.15, 0.2) is 5.78 Å². The Balaban J connectivity index is 2.48. The van der Waals surface area contributed by atoms with E-state index in [4.69, 9.17) is 11.6 Å². The molecule has 0 heterocycles. The topological polar surface area (TPSA) is 46.2 Å². The summed E-state index contributed by atoms with van der Waals surface area (Å²) in [4.78, 5) is 22.6. The van der Waals surface area contributed by atoms with E-state index in [0.29, 0.717) is 5.56 Å². The van der Waals surface area contributed by atoms with Crippen LogP contribution in [0.25, 0.3) is 0 Å². The molecule has 1 amide bonds. The van der Waals surface area contributed by atoms with Crippen molar-refractivity contribution in [3.8, 4) is 0 Å². The van der Waals surface area contributed by atoms with Crippen molar-refractivity contribution >= 4 is 23.3 Å². The molecule has 0 unspecified atom stereocenters. The molecule has 0 aliphatic carbocycles. The summed E-state index contributed by atoms with van der Waals surface area (Å²) in [6.07, 6.45) is 0. The zero-order valence-electron chi connectivity index (χ0n) is 8.37. The van der Waals surface area contributed by atoms with Crippen LogP contribution in [-0.4, -0.2) is 23.6 Å². The zero-order chi connectivity index (χ0) is 11.3. The molecule has 0 saturated heterocycles. The molecule has 0 aliphatic rings. The minimum atomic E-state index is -0.617. The highest BCUT2D eigenvalue weighted by atomic mass is 35.5. The average molecular weight is 226 g/mol. The Morgan fingerprint density at radius 2 is 1.93 bits per heavy atom. The molecule has 1 rings (SSSR count). The number of amides is 1. The van der Waals surface area contributed by atoms with E-state index in [2.05, 4.69) is 5.32 Å². The number of carbonyl (C=O) groups is 2. The highest BCUT2D eigenvalue weighted by Gasteiger charge is 2.11. The second kappa shape index (κ2) is 5.51. The summed E-state index contributed by atoms with van der Waals surface area (Å²) in [5.41, 5.74) is 0.583. The molecule has 0 spiro atoms. The third-order valence-corrected chi connectivity index (χ3v) is 2.08. The fraction of sp³-hybridized carbons (Fsp3) is 0.273. The van der Waals surface area contributed by atoms with Gasteiger partial charge in [0.25, 0.3) is 0 Å². The van der Waals surface area contributed by atoms with Crippen molar-refractivity contribution < 1.29 is 9.59 Å². The molecular weight excluding hydrogens is 214 g/mol. The highest BCUT2D eigenvalue weighted by Crippen LogP contribution is 1.99. The van der Waals surface area contributed by atoms with Gasteiger partial charge in [0.2, 0.25) is 5.91 Å². The van der Waals surface area contributed by atoms with Gasteiger partial charge in [-0.25, -0.2) is 0 Å². The minimum Gasteiger partial charge on any atom is -0.347 e. The van der Waals surface area contributed by atoms with Crippen LogP contribution >= 0.6 is 11.6 Å². The molecule has 1 aromatic rings. The third-order valence-electron chi connectivity index (χ3n) is 1.88. The van der Waals surface area contributed by atoms with Crippen LogP contribution in [0.2, 0.25) is 0 Å². The van der Waals surface area contributed by atoms with Crippen LogP contribution in [0.15, 0.2) is 30.3 Å². The number of benzene rings is 1. The lowest BCUT2D eigenvalue weighted by Gasteiger charge is -2.05. The summed E-state index contributed by atoms with van der Waals surface area (Å²) in [5, 5.41) is 1.84. The Kier molecular flexibility index (Phi) is 4.31. The summed E-state index contributed by atoms with van der Waals surface area (Å²) in [7, 11) is 0. The molecule has 15 heavy (non-hydrogen) atoms. The second-order valence-electron chi connectivity index (χ2n) is 3.12. The van der Waals surface area contributed by atoms with Gasteiger partial charge < -0.3 is 5.32 Å². The van der Waals surface area contributed by atoms with Crippen molar-refractivity contribution in [3.05, 3.63) is 35.9 Å². The monoisotopic (exact) mass is 225 g/mol. The largest absolute Gasteiger partial charge is 0.347 e. The second-order valence-corrected chi connectivity index (χ2v) is 3.78. The first-order chi connectivity index (χ1) is 7.11. The van der Waals surface area contributed by atoms with E-state index >= 15 is 0 Å². The Labute approximate surface area is 93.4 Å². The van der Waals surface area contributed by atoms with Crippen molar-refractivity contribution in [1.82, 2.24) is 5.32 Å². The molecule has 0 aromatic heterocycles. The number of alkyl halides is 1. The predicted molar refractivity (Wildman–Crippen MR) is 59.1 cm³/mol. The van der Waals surface area contributed by atoms with Crippen LogP contribution in [0, 0.1) is 0 Å².